The second-order valence-corrected chi connectivity index (χ2v) is 5.61. The van der Waals surface area contributed by atoms with Crippen LogP contribution in [0.1, 0.15) is 13.3 Å². The summed E-state index contributed by atoms with van der Waals surface area (Å²) in [4.78, 5) is 0. The lowest BCUT2D eigenvalue weighted by Crippen LogP contribution is -2.62. The summed E-state index contributed by atoms with van der Waals surface area (Å²) in [6.07, 6.45) is -6.92. The predicted molar refractivity (Wildman–Crippen MR) is 52.4 cm³/mol. The van der Waals surface area contributed by atoms with Crippen LogP contribution in [0, 0.1) is 0 Å². The minimum absolute atomic E-state index is 0.671. The topological polar surface area (TPSA) is 63.6 Å². The van der Waals surface area contributed by atoms with Gasteiger partial charge in [-0.2, -0.15) is 43.5 Å². The van der Waals surface area contributed by atoms with Crippen LogP contribution in [-0.2, 0) is 14.9 Å². The molecule has 0 amide bonds. The number of rotatable bonds is 8. The van der Waals surface area contributed by atoms with Crippen molar-refractivity contribution in [1.29, 1.82) is 0 Å². The molecule has 0 aliphatic heterocycles. The minimum Gasteiger partial charge on any atom is -0.315 e. The molecule has 0 bridgehead atoms. The van der Waals surface area contributed by atoms with E-state index < -0.39 is 59.7 Å². The summed E-state index contributed by atoms with van der Waals surface area (Å²) in [7, 11) is -4.61. The van der Waals surface area contributed by atoms with Crippen LogP contribution in [-0.4, -0.2) is 49.2 Å². The van der Waals surface area contributed by atoms with E-state index in [2.05, 4.69) is 4.74 Å². The molecule has 0 rings (SSSR count). The standard InChI is InChI=1S/C8H10F8O4S/c1-5(9,10)6(11,12)7(13,14)8(15,16)20-3-2-4-21(17,18)19/h2-4H2,1H3,(H,17,18,19). The maximum Gasteiger partial charge on any atom is 0.426 e. The fourth-order valence-corrected chi connectivity index (χ4v) is 1.47. The van der Waals surface area contributed by atoms with Gasteiger partial charge < -0.3 is 4.74 Å². The third kappa shape index (κ3) is 4.64. The molecule has 0 aliphatic rings. The molecule has 0 aromatic carbocycles. The van der Waals surface area contributed by atoms with Gasteiger partial charge in [0.05, 0.1) is 12.4 Å². The Kier molecular flexibility index (Phi) is 5.64. The molecule has 0 radical (unpaired) electrons. The van der Waals surface area contributed by atoms with E-state index in [0.717, 1.165) is 0 Å². The van der Waals surface area contributed by atoms with Crippen molar-refractivity contribution in [2.45, 2.75) is 37.2 Å². The van der Waals surface area contributed by atoms with E-state index in [4.69, 9.17) is 4.55 Å². The van der Waals surface area contributed by atoms with E-state index in [1.54, 1.807) is 0 Å². The van der Waals surface area contributed by atoms with Crippen molar-refractivity contribution >= 4 is 10.1 Å². The maximum atomic E-state index is 12.9. The summed E-state index contributed by atoms with van der Waals surface area (Å²) in [6, 6.07) is 0. The molecule has 0 aliphatic carbocycles. The zero-order valence-corrected chi connectivity index (χ0v) is 11.0. The molecule has 0 aromatic rings. The van der Waals surface area contributed by atoms with Crippen molar-refractivity contribution in [2.75, 3.05) is 12.4 Å². The predicted octanol–water partition coefficient (Wildman–Crippen LogP) is 2.80. The van der Waals surface area contributed by atoms with Gasteiger partial charge in [-0.15, -0.1) is 0 Å². The van der Waals surface area contributed by atoms with E-state index in [9.17, 15) is 43.5 Å². The van der Waals surface area contributed by atoms with E-state index >= 15 is 0 Å². The smallest absolute Gasteiger partial charge is 0.315 e. The third-order valence-electron chi connectivity index (χ3n) is 2.14. The summed E-state index contributed by atoms with van der Waals surface area (Å²) in [5, 5.41) is 0. The van der Waals surface area contributed by atoms with Gasteiger partial charge >= 0.3 is 23.9 Å². The fraction of sp³-hybridized carbons (Fsp3) is 1.00. The normalized spacial score (nSPS) is 15.3. The highest BCUT2D eigenvalue weighted by atomic mass is 32.2. The monoisotopic (exact) mass is 354 g/mol. The van der Waals surface area contributed by atoms with E-state index in [-0.39, 0.29) is 0 Å². The number of alkyl halides is 8. The molecule has 0 aromatic heterocycles. The molecule has 0 spiro atoms. The van der Waals surface area contributed by atoms with Gasteiger partial charge in [-0.25, -0.2) is 0 Å². The Bertz CT molecular complexity index is 455. The van der Waals surface area contributed by atoms with E-state index in [0.29, 0.717) is 0 Å². The first-order chi connectivity index (χ1) is 8.96. The molecular weight excluding hydrogens is 344 g/mol. The number of hydrogen-bond acceptors (Lipinski definition) is 3. The van der Waals surface area contributed by atoms with Gasteiger partial charge in [0.25, 0.3) is 10.1 Å². The van der Waals surface area contributed by atoms with Crippen molar-refractivity contribution < 1.29 is 52.8 Å². The average molecular weight is 354 g/mol. The summed E-state index contributed by atoms with van der Waals surface area (Å²) in [5.41, 5.74) is 0. The van der Waals surface area contributed by atoms with E-state index in [1.165, 1.54) is 0 Å². The molecular formula is C8H10F8O4S. The average Bonchev–Trinajstić information content (AvgIpc) is 2.21. The first-order valence-electron chi connectivity index (χ1n) is 5.06. The summed E-state index contributed by atoms with van der Waals surface area (Å²) >= 11 is 0. The van der Waals surface area contributed by atoms with Crippen LogP contribution in [0.4, 0.5) is 35.1 Å². The second kappa shape index (κ2) is 5.83. The van der Waals surface area contributed by atoms with Gasteiger partial charge in [0.15, 0.2) is 0 Å². The van der Waals surface area contributed by atoms with Crippen LogP contribution >= 0.6 is 0 Å². The molecule has 0 atom stereocenters. The first kappa shape index (κ1) is 20.3. The second-order valence-electron chi connectivity index (χ2n) is 4.04. The molecule has 0 unspecified atom stereocenters. The Morgan fingerprint density at radius 3 is 1.71 bits per heavy atom. The Morgan fingerprint density at radius 1 is 0.952 bits per heavy atom. The van der Waals surface area contributed by atoms with Gasteiger partial charge in [-0.1, -0.05) is 0 Å². The fourth-order valence-electron chi connectivity index (χ4n) is 0.991. The Hall–Kier alpha value is -0.690. The van der Waals surface area contributed by atoms with Gasteiger partial charge in [0, 0.05) is 6.92 Å². The molecule has 0 fully saturated rings. The van der Waals surface area contributed by atoms with Crippen molar-refractivity contribution in [1.82, 2.24) is 0 Å². The van der Waals surface area contributed by atoms with Crippen molar-refractivity contribution in [3.63, 3.8) is 0 Å². The van der Waals surface area contributed by atoms with Gasteiger partial charge in [-0.05, 0) is 6.42 Å². The minimum atomic E-state index is -6.55. The largest absolute Gasteiger partial charge is 0.426 e. The van der Waals surface area contributed by atoms with Gasteiger partial charge in [-0.3, -0.25) is 4.55 Å². The highest BCUT2D eigenvalue weighted by molar-refractivity contribution is 7.85. The van der Waals surface area contributed by atoms with Crippen LogP contribution < -0.4 is 0 Å². The van der Waals surface area contributed by atoms with Crippen molar-refractivity contribution in [3.8, 4) is 0 Å². The molecule has 13 heteroatoms. The summed E-state index contributed by atoms with van der Waals surface area (Å²) in [6.45, 7) is -2.16. The SMILES string of the molecule is CC(F)(F)C(F)(F)C(F)(F)C(F)(F)OCCCS(=O)(=O)O. The maximum absolute atomic E-state index is 12.9. The van der Waals surface area contributed by atoms with Crippen LogP contribution in [0.25, 0.3) is 0 Å². The van der Waals surface area contributed by atoms with Crippen molar-refractivity contribution in [3.05, 3.63) is 0 Å². The molecule has 0 saturated carbocycles. The quantitative estimate of drug-likeness (QED) is 0.414. The molecule has 21 heavy (non-hydrogen) atoms. The molecule has 4 nitrogen and oxygen atoms in total. The van der Waals surface area contributed by atoms with Crippen LogP contribution in [0.2, 0.25) is 0 Å². The zero-order valence-electron chi connectivity index (χ0n) is 10.2. The molecule has 0 heterocycles. The third-order valence-corrected chi connectivity index (χ3v) is 2.95. The Balaban J connectivity index is 4.97. The lowest BCUT2D eigenvalue weighted by molar-refractivity contribution is -0.425. The van der Waals surface area contributed by atoms with Gasteiger partial charge in [0.2, 0.25) is 0 Å². The number of hydrogen-bond donors (Lipinski definition) is 1. The van der Waals surface area contributed by atoms with Crippen molar-refractivity contribution in [2.24, 2.45) is 0 Å². The summed E-state index contributed by atoms with van der Waals surface area (Å²) in [5.74, 6) is -19.6. The zero-order chi connectivity index (χ0) is 17.3. The van der Waals surface area contributed by atoms with Crippen LogP contribution in [0.15, 0.2) is 0 Å². The Morgan fingerprint density at radius 2 is 1.38 bits per heavy atom. The van der Waals surface area contributed by atoms with Gasteiger partial charge in [0.1, 0.15) is 0 Å². The highest BCUT2D eigenvalue weighted by Gasteiger charge is 2.80. The number of ether oxygens (including phenoxy) is 1. The Labute approximate surface area is 113 Å². The lowest BCUT2D eigenvalue weighted by Gasteiger charge is -2.34. The first-order valence-corrected chi connectivity index (χ1v) is 6.67. The lowest BCUT2D eigenvalue weighted by atomic mass is 10.1. The number of halogens is 8. The summed E-state index contributed by atoms with van der Waals surface area (Å²) < 4.78 is 133. The van der Waals surface area contributed by atoms with E-state index in [1.807, 2.05) is 0 Å². The van der Waals surface area contributed by atoms with Crippen LogP contribution in [0.3, 0.4) is 0 Å². The molecule has 1 N–H and O–H groups in total. The molecule has 128 valence electrons. The highest BCUT2D eigenvalue weighted by Crippen LogP contribution is 2.52. The molecule has 0 saturated heterocycles. The van der Waals surface area contributed by atoms with Crippen LogP contribution in [0.5, 0.6) is 0 Å².